The fourth-order valence-electron chi connectivity index (χ4n) is 1.72. The number of hydrogen-bond donors (Lipinski definition) is 2. The van der Waals surface area contributed by atoms with E-state index in [1.54, 1.807) is 6.07 Å². The lowest BCUT2D eigenvalue weighted by Crippen LogP contribution is -2.02. The van der Waals surface area contributed by atoms with Crippen LogP contribution in [0.3, 0.4) is 0 Å². The number of aryl methyl sites for hydroxylation is 1. The molecule has 22 heavy (non-hydrogen) atoms. The largest absolute Gasteiger partial charge is 0.394 e. The first-order chi connectivity index (χ1) is 10.6. The van der Waals surface area contributed by atoms with Crippen molar-refractivity contribution in [2.75, 3.05) is 11.1 Å². The lowest BCUT2D eigenvalue weighted by atomic mass is 10.4. The van der Waals surface area contributed by atoms with E-state index >= 15 is 0 Å². The highest BCUT2D eigenvalue weighted by Gasteiger charge is 2.11. The van der Waals surface area contributed by atoms with Gasteiger partial charge in [0.25, 0.3) is 0 Å². The summed E-state index contributed by atoms with van der Waals surface area (Å²) in [5.74, 6) is 1.73. The van der Waals surface area contributed by atoms with Crippen molar-refractivity contribution in [1.29, 1.82) is 0 Å². The third-order valence-corrected chi connectivity index (χ3v) is 4.03. The van der Waals surface area contributed by atoms with Gasteiger partial charge in [-0.15, -0.1) is 0 Å². The van der Waals surface area contributed by atoms with E-state index in [-0.39, 0.29) is 0 Å². The zero-order valence-electron chi connectivity index (χ0n) is 11.6. The summed E-state index contributed by atoms with van der Waals surface area (Å²) >= 11 is 7.31. The summed E-state index contributed by atoms with van der Waals surface area (Å²) in [6.45, 7) is 1.81. The summed E-state index contributed by atoms with van der Waals surface area (Å²) in [4.78, 5) is 9.33. The van der Waals surface area contributed by atoms with Crippen molar-refractivity contribution in [3.63, 3.8) is 0 Å². The molecule has 0 atom stereocenters. The van der Waals surface area contributed by atoms with Crippen molar-refractivity contribution in [3.05, 3.63) is 47.4 Å². The summed E-state index contributed by atoms with van der Waals surface area (Å²) in [6.07, 6.45) is 1.45. The molecule has 0 bridgehead atoms. The Morgan fingerprint density at radius 2 is 2.00 bits per heavy atom. The standard InChI is InChI=1S/C14H12ClN5OS/c1-8-6-11(20-21-8)19-13-12(16)14(18-7-17-13)22-10-4-2-9(15)3-5-10/h2-7H,16H2,1H3,(H,17,18,19,20). The lowest BCUT2D eigenvalue weighted by molar-refractivity contribution is 0.400. The molecule has 1 aromatic carbocycles. The van der Waals surface area contributed by atoms with Crippen LogP contribution in [0, 0.1) is 6.92 Å². The maximum atomic E-state index is 6.12. The maximum Gasteiger partial charge on any atom is 0.175 e. The molecule has 0 unspecified atom stereocenters. The molecule has 0 amide bonds. The van der Waals surface area contributed by atoms with Crippen molar-refractivity contribution in [1.82, 2.24) is 15.1 Å². The average Bonchev–Trinajstić information content (AvgIpc) is 2.91. The molecule has 3 aromatic rings. The molecule has 0 aliphatic rings. The summed E-state index contributed by atoms with van der Waals surface area (Å²) in [6, 6.07) is 9.20. The van der Waals surface area contributed by atoms with E-state index in [4.69, 9.17) is 21.9 Å². The number of halogens is 1. The Morgan fingerprint density at radius 1 is 1.23 bits per heavy atom. The molecular formula is C14H12ClN5OS. The summed E-state index contributed by atoms with van der Waals surface area (Å²) in [5.41, 5.74) is 6.57. The first kappa shape index (κ1) is 14.7. The van der Waals surface area contributed by atoms with Crippen molar-refractivity contribution < 1.29 is 4.52 Å². The smallest absolute Gasteiger partial charge is 0.175 e. The van der Waals surface area contributed by atoms with Crippen molar-refractivity contribution >= 4 is 40.7 Å². The zero-order valence-corrected chi connectivity index (χ0v) is 13.1. The van der Waals surface area contributed by atoms with Gasteiger partial charge in [-0.25, -0.2) is 9.97 Å². The molecule has 6 nitrogen and oxygen atoms in total. The molecule has 3 rings (SSSR count). The van der Waals surface area contributed by atoms with Gasteiger partial charge in [-0.1, -0.05) is 28.5 Å². The molecule has 8 heteroatoms. The Labute approximate surface area is 136 Å². The number of aromatic nitrogens is 3. The number of anilines is 3. The van der Waals surface area contributed by atoms with Gasteiger partial charge in [-0.2, -0.15) is 0 Å². The van der Waals surface area contributed by atoms with Crippen LogP contribution in [-0.4, -0.2) is 15.1 Å². The Morgan fingerprint density at radius 3 is 2.68 bits per heavy atom. The fourth-order valence-corrected chi connectivity index (χ4v) is 2.65. The van der Waals surface area contributed by atoms with Crippen LogP contribution in [0.2, 0.25) is 5.02 Å². The predicted molar refractivity (Wildman–Crippen MR) is 86.5 cm³/mol. The minimum atomic E-state index is 0.447. The van der Waals surface area contributed by atoms with Gasteiger partial charge >= 0.3 is 0 Å². The van der Waals surface area contributed by atoms with Crippen LogP contribution in [0.1, 0.15) is 5.76 Å². The molecule has 0 saturated carbocycles. The molecule has 2 heterocycles. The Kier molecular flexibility index (Phi) is 4.17. The van der Waals surface area contributed by atoms with Crippen molar-refractivity contribution in [2.45, 2.75) is 16.8 Å². The molecule has 3 N–H and O–H groups in total. The number of nitrogens with two attached hydrogens (primary N) is 1. The number of nitrogens with one attached hydrogen (secondary N) is 1. The van der Waals surface area contributed by atoms with E-state index in [2.05, 4.69) is 20.4 Å². The first-order valence-electron chi connectivity index (χ1n) is 6.36. The molecule has 0 aliphatic carbocycles. The zero-order chi connectivity index (χ0) is 15.5. The summed E-state index contributed by atoms with van der Waals surface area (Å²) in [7, 11) is 0. The quantitative estimate of drug-likeness (QED) is 0.699. The molecule has 0 spiro atoms. The van der Waals surface area contributed by atoms with E-state index in [0.29, 0.717) is 33.1 Å². The first-order valence-corrected chi connectivity index (χ1v) is 7.55. The van der Waals surface area contributed by atoms with Crippen LogP contribution in [-0.2, 0) is 0 Å². The van der Waals surface area contributed by atoms with E-state index in [1.165, 1.54) is 18.1 Å². The molecule has 2 aromatic heterocycles. The average molecular weight is 334 g/mol. The molecule has 0 radical (unpaired) electrons. The Hall–Kier alpha value is -2.25. The van der Waals surface area contributed by atoms with E-state index in [9.17, 15) is 0 Å². The summed E-state index contributed by atoms with van der Waals surface area (Å²) < 4.78 is 5.00. The van der Waals surface area contributed by atoms with Gasteiger partial charge in [-0.3, -0.25) is 0 Å². The van der Waals surface area contributed by atoms with E-state index < -0.39 is 0 Å². The minimum Gasteiger partial charge on any atom is -0.394 e. The molecule has 112 valence electrons. The number of nitrogen functional groups attached to an aromatic ring is 1. The second kappa shape index (κ2) is 6.25. The number of rotatable bonds is 4. The van der Waals surface area contributed by atoms with E-state index in [1.807, 2.05) is 31.2 Å². The maximum absolute atomic E-state index is 6.12. The lowest BCUT2D eigenvalue weighted by Gasteiger charge is -2.09. The van der Waals surface area contributed by atoms with Gasteiger partial charge in [0.05, 0.1) is 0 Å². The normalized spacial score (nSPS) is 10.6. The number of benzene rings is 1. The van der Waals surface area contributed by atoms with Crippen molar-refractivity contribution in [3.8, 4) is 0 Å². The highest BCUT2D eigenvalue weighted by Crippen LogP contribution is 2.34. The number of hydrogen-bond acceptors (Lipinski definition) is 7. The van der Waals surface area contributed by atoms with Gasteiger partial charge in [0.2, 0.25) is 0 Å². The van der Waals surface area contributed by atoms with Gasteiger partial charge in [0.1, 0.15) is 22.8 Å². The molecule has 0 fully saturated rings. The van der Waals surface area contributed by atoms with Gasteiger partial charge in [-0.05, 0) is 31.2 Å². The van der Waals surface area contributed by atoms with Crippen LogP contribution in [0.15, 0.2) is 51.1 Å². The fraction of sp³-hybridized carbons (Fsp3) is 0.0714. The SMILES string of the molecule is Cc1cc(Nc2ncnc(Sc3ccc(Cl)cc3)c2N)no1. The van der Waals surface area contributed by atoms with Crippen LogP contribution in [0.25, 0.3) is 0 Å². The van der Waals surface area contributed by atoms with Crippen LogP contribution in [0.5, 0.6) is 0 Å². The van der Waals surface area contributed by atoms with Gasteiger partial charge < -0.3 is 15.6 Å². The molecule has 0 aliphatic heterocycles. The van der Waals surface area contributed by atoms with Crippen LogP contribution < -0.4 is 11.1 Å². The van der Waals surface area contributed by atoms with E-state index in [0.717, 1.165) is 4.90 Å². The monoisotopic (exact) mass is 333 g/mol. The highest BCUT2D eigenvalue weighted by molar-refractivity contribution is 7.99. The third kappa shape index (κ3) is 3.32. The number of nitrogens with zero attached hydrogens (tertiary/aromatic N) is 3. The summed E-state index contributed by atoms with van der Waals surface area (Å²) in [5, 5.41) is 8.20. The van der Waals surface area contributed by atoms with Gasteiger partial charge in [0.15, 0.2) is 11.6 Å². The Bertz CT molecular complexity index is 790. The van der Waals surface area contributed by atoms with Crippen molar-refractivity contribution in [2.24, 2.45) is 0 Å². The minimum absolute atomic E-state index is 0.447. The molecule has 0 saturated heterocycles. The third-order valence-electron chi connectivity index (χ3n) is 2.75. The predicted octanol–water partition coefficient (Wildman–Crippen LogP) is 3.90. The van der Waals surface area contributed by atoms with Crippen LogP contribution >= 0.6 is 23.4 Å². The second-order valence-electron chi connectivity index (χ2n) is 4.44. The molecular weight excluding hydrogens is 322 g/mol. The van der Waals surface area contributed by atoms with Crippen LogP contribution in [0.4, 0.5) is 17.3 Å². The highest BCUT2D eigenvalue weighted by atomic mass is 35.5. The second-order valence-corrected chi connectivity index (χ2v) is 5.94. The Balaban J connectivity index is 1.83. The topological polar surface area (TPSA) is 89.9 Å². The van der Waals surface area contributed by atoms with Gasteiger partial charge in [0, 0.05) is 16.0 Å².